The lowest BCUT2D eigenvalue weighted by Crippen LogP contribution is -2.35. The summed E-state index contributed by atoms with van der Waals surface area (Å²) in [5, 5.41) is 15.5. The van der Waals surface area contributed by atoms with Gasteiger partial charge in [0.05, 0.1) is 4.92 Å². The number of hydrazone groups is 1. The monoisotopic (exact) mass is 359 g/mol. The molecule has 7 heteroatoms. The van der Waals surface area contributed by atoms with Crippen LogP contribution in [0.4, 0.5) is 5.69 Å². The van der Waals surface area contributed by atoms with Gasteiger partial charge in [0.15, 0.2) is 12.4 Å². The Kier molecular flexibility index (Phi) is 4.50. The lowest BCUT2D eigenvalue weighted by Gasteiger charge is -2.34. The summed E-state index contributed by atoms with van der Waals surface area (Å²) in [4.78, 5) is 22.7. The van der Waals surface area contributed by atoms with Crippen molar-refractivity contribution in [2.24, 2.45) is 21.8 Å². The molecule has 1 N–H and O–H groups in total. The third-order valence-electron chi connectivity index (χ3n) is 6.50. The number of ether oxygens (including phenoxy) is 1. The first-order chi connectivity index (χ1) is 12.1. The maximum Gasteiger partial charge on any atom is 0.311 e. The molecule has 7 nitrogen and oxygen atoms in total. The van der Waals surface area contributed by atoms with Crippen molar-refractivity contribution < 1.29 is 14.5 Å². The minimum absolute atomic E-state index is 0.0154. The zero-order chi connectivity index (χ0) is 19.1. The highest BCUT2D eigenvalue weighted by Crippen LogP contribution is 2.63. The van der Waals surface area contributed by atoms with Gasteiger partial charge >= 0.3 is 5.69 Å². The van der Waals surface area contributed by atoms with E-state index in [1.165, 1.54) is 18.6 Å². The van der Waals surface area contributed by atoms with Crippen molar-refractivity contribution in [2.45, 2.75) is 47.0 Å². The molecule has 2 bridgehead atoms. The van der Waals surface area contributed by atoms with E-state index in [2.05, 4.69) is 31.3 Å². The molecule has 1 amide bonds. The van der Waals surface area contributed by atoms with E-state index in [1.807, 2.05) is 0 Å². The van der Waals surface area contributed by atoms with Gasteiger partial charge in [-0.05, 0) is 49.1 Å². The lowest BCUT2D eigenvalue weighted by molar-refractivity contribution is -0.385. The van der Waals surface area contributed by atoms with Crippen LogP contribution in [0.15, 0.2) is 23.3 Å². The van der Waals surface area contributed by atoms with Gasteiger partial charge in [0.2, 0.25) is 0 Å². The summed E-state index contributed by atoms with van der Waals surface area (Å²) >= 11 is 0. The number of nitrogens with zero attached hydrogens (tertiary/aromatic N) is 2. The molecule has 2 aliphatic carbocycles. The standard InChI is InChI=1S/C19H25N3O4/c1-12-5-6-15(14(9-12)22(24)25)26-11-17(23)21-20-16-10-13-7-8-19(16,4)18(13,2)3/h5-6,9,13H,7-8,10-11H2,1-4H3,(H,21,23)/b20-16+. The van der Waals surface area contributed by atoms with Gasteiger partial charge in [-0.3, -0.25) is 14.9 Å². The number of aryl methyl sites for hydroxylation is 1. The van der Waals surface area contributed by atoms with E-state index in [4.69, 9.17) is 4.74 Å². The fourth-order valence-electron chi connectivity index (χ4n) is 4.30. The van der Waals surface area contributed by atoms with Crippen molar-refractivity contribution in [3.8, 4) is 5.75 Å². The molecule has 2 saturated carbocycles. The number of hydrogen-bond donors (Lipinski definition) is 1. The van der Waals surface area contributed by atoms with Crippen LogP contribution < -0.4 is 10.2 Å². The Hall–Kier alpha value is -2.44. The van der Waals surface area contributed by atoms with Crippen LogP contribution in [-0.4, -0.2) is 23.1 Å². The van der Waals surface area contributed by atoms with Gasteiger partial charge in [-0.1, -0.05) is 26.8 Å². The van der Waals surface area contributed by atoms with Crippen LogP contribution in [0.25, 0.3) is 0 Å². The van der Waals surface area contributed by atoms with Crippen molar-refractivity contribution in [1.29, 1.82) is 0 Å². The van der Waals surface area contributed by atoms with Crippen molar-refractivity contribution >= 4 is 17.3 Å². The van der Waals surface area contributed by atoms with E-state index in [0.29, 0.717) is 5.92 Å². The quantitative estimate of drug-likeness (QED) is 0.642. The molecule has 3 rings (SSSR count). The second-order valence-electron chi connectivity index (χ2n) is 8.10. The number of rotatable bonds is 5. The number of amides is 1. The minimum atomic E-state index is -0.515. The van der Waals surface area contributed by atoms with Gasteiger partial charge in [-0.15, -0.1) is 0 Å². The second-order valence-corrected chi connectivity index (χ2v) is 8.10. The highest BCUT2D eigenvalue weighted by Gasteiger charge is 2.60. The van der Waals surface area contributed by atoms with Crippen LogP contribution >= 0.6 is 0 Å². The molecule has 2 fully saturated rings. The summed E-state index contributed by atoms with van der Waals surface area (Å²) in [5.74, 6) is 0.266. The number of hydrogen-bond acceptors (Lipinski definition) is 5. The van der Waals surface area contributed by atoms with Crippen molar-refractivity contribution in [1.82, 2.24) is 5.43 Å². The van der Waals surface area contributed by atoms with Gasteiger partial charge < -0.3 is 4.74 Å². The largest absolute Gasteiger partial charge is 0.477 e. The summed E-state index contributed by atoms with van der Waals surface area (Å²) in [5.41, 5.74) is 4.41. The Labute approximate surface area is 153 Å². The SMILES string of the molecule is Cc1ccc(OCC(=O)N/N=C2\CC3CCC2(C)C3(C)C)c([N+](=O)[O-])c1. The molecule has 0 saturated heterocycles. The molecular formula is C19H25N3O4. The number of nitro benzene ring substituents is 1. The van der Waals surface area contributed by atoms with Crippen LogP contribution in [0.5, 0.6) is 5.75 Å². The van der Waals surface area contributed by atoms with Gasteiger partial charge in [0.25, 0.3) is 5.91 Å². The first kappa shape index (κ1) is 18.4. The first-order valence-electron chi connectivity index (χ1n) is 8.89. The molecule has 1 aromatic carbocycles. The van der Waals surface area contributed by atoms with Gasteiger partial charge in [0, 0.05) is 17.2 Å². The summed E-state index contributed by atoms with van der Waals surface area (Å²) in [7, 11) is 0. The van der Waals surface area contributed by atoms with Gasteiger partial charge in [-0.25, -0.2) is 5.43 Å². The van der Waals surface area contributed by atoms with Gasteiger partial charge in [-0.2, -0.15) is 5.10 Å². The number of nitro groups is 1. The highest BCUT2D eigenvalue weighted by atomic mass is 16.6. The number of nitrogens with one attached hydrogen (secondary N) is 1. The zero-order valence-corrected chi connectivity index (χ0v) is 15.7. The fourth-order valence-corrected chi connectivity index (χ4v) is 4.30. The zero-order valence-electron chi connectivity index (χ0n) is 15.7. The third-order valence-corrected chi connectivity index (χ3v) is 6.50. The van der Waals surface area contributed by atoms with Gasteiger partial charge in [0.1, 0.15) is 0 Å². The van der Waals surface area contributed by atoms with E-state index >= 15 is 0 Å². The molecule has 2 atom stereocenters. The number of benzene rings is 1. The Morgan fingerprint density at radius 1 is 1.42 bits per heavy atom. The van der Waals surface area contributed by atoms with Crippen LogP contribution in [0.1, 0.15) is 45.6 Å². The topological polar surface area (TPSA) is 93.8 Å². The molecule has 0 aromatic heterocycles. The van der Waals surface area contributed by atoms with Crippen LogP contribution in [-0.2, 0) is 4.79 Å². The predicted molar refractivity (Wildman–Crippen MR) is 98.1 cm³/mol. The summed E-state index contributed by atoms with van der Waals surface area (Å²) < 4.78 is 5.34. The van der Waals surface area contributed by atoms with Crippen molar-refractivity contribution in [2.75, 3.05) is 6.61 Å². The van der Waals surface area contributed by atoms with E-state index < -0.39 is 10.8 Å². The van der Waals surface area contributed by atoms with Crippen LogP contribution in [0, 0.1) is 33.8 Å². The van der Waals surface area contributed by atoms with Crippen LogP contribution in [0.3, 0.4) is 0 Å². The molecule has 0 heterocycles. The number of fused-ring (bicyclic) bond motifs is 2. The smallest absolute Gasteiger partial charge is 0.311 e. The summed E-state index contributed by atoms with van der Waals surface area (Å²) in [6.07, 6.45) is 3.20. The highest BCUT2D eigenvalue weighted by molar-refractivity contribution is 5.95. The molecule has 140 valence electrons. The summed E-state index contributed by atoms with van der Waals surface area (Å²) in [6.45, 7) is 8.21. The fraction of sp³-hybridized carbons (Fsp3) is 0.579. The van der Waals surface area contributed by atoms with E-state index in [0.717, 1.165) is 24.1 Å². The Bertz CT molecular complexity index is 787. The normalized spacial score (nSPS) is 27.5. The Morgan fingerprint density at radius 3 is 2.73 bits per heavy atom. The predicted octanol–water partition coefficient (Wildman–Crippen LogP) is 3.60. The molecule has 2 aliphatic rings. The Morgan fingerprint density at radius 2 is 2.15 bits per heavy atom. The van der Waals surface area contributed by atoms with Crippen molar-refractivity contribution in [3.05, 3.63) is 33.9 Å². The van der Waals surface area contributed by atoms with E-state index in [1.54, 1.807) is 13.0 Å². The lowest BCUT2D eigenvalue weighted by atomic mass is 9.70. The molecular weight excluding hydrogens is 334 g/mol. The number of carbonyl (C=O) groups is 1. The molecule has 26 heavy (non-hydrogen) atoms. The first-order valence-corrected chi connectivity index (χ1v) is 8.89. The van der Waals surface area contributed by atoms with Crippen LogP contribution in [0.2, 0.25) is 0 Å². The molecule has 2 unspecified atom stereocenters. The maximum atomic E-state index is 12.1. The van der Waals surface area contributed by atoms with E-state index in [-0.39, 0.29) is 28.9 Å². The second kappa shape index (κ2) is 6.37. The van der Waals surface area contributed by atoms with Crippen molar-refractivity contribution in [3.63, 3.8) is 0 Å². The molecule has 0 spiro atoms. The molecule has 0 aliphatic heterocycles. The molecule has 1 aromatic rings. The average Bonchev–Trinajstić information content (AvgIpc) is 2.91. The minimum Gasteiger partial charge on any atom is -0.477 e. The summed E-state index contributed by atoms with van der Waals surface area (Å²) in [6, 6.07) is 4.64. The number of carbonyl (C=O) groups excluding carboxylic acids is 1. The van der Waals surface area contributed by atoms with E-state index in [9.17, 15) is 14.9 Å². The average molecular weight is 359 g/mol. The third kappa shape index (κ3) is 2.95. The molecule has 0 radical (unpaired) electrons. The Balaban J connectivity index is 1.62. The maximum absolute atomic E-state index is 12.1.